The summed E-state index contributed by atoms with van der Waals surface area (Å²) in [5.74, 6) is 1.21. The Balaban J connectivity index is 1.64. The summed E-state index contributed by atoms with van der Waals surface area (Å²) in [6.45, 7) is 0.116. The summed E-state index contributed by atoms with van der Waals surface area (Å²) in [5, 5.41) is 8.22. The van der Waals surface area contributed by atoms with E-state index in [0.29, 0.717) is 17.0 Å². The number of benzene rings is 3. The molecule has 0 spiro atoms. The zero-order valence-electron chi connectivity index (χ0n) is 14.9. The van der Waals surface area contributed by atoms with Crippen molar-refractivity contribution in [1.29, 1.82) is 0 Å². The number of nitrogens with zero attached hydrogens (tertiary/aromatic N) is 1. The molecule has 3 aromatic carbocycles. The van der Waals surface area contributed by atoms with Crippen molar-refractivity contribution in [2.24, 2.45) is 5.10 Å². The van der Waals surface area contributed by atoms with E-state index in [0.717, 1.165) is 10.8 Å². The van der Waals surface area contributed by atoms with Gasteiger partial charge in [0.2, 0.25) is 0 Å². The largest absolute Gasteiger partial charge is 0.480 e. The molecule has 0 fully saturated rings. The first-order valence-electron chi connectivity index (χ1n) is 8.46. The van der Waals surface area contributed by atoms with E-state index in [2.05, 4.69) is 21.8 Å². The van der Waals surface area contributed by atoms with Crippen molar-refractivity contribution in [3.8, 4) is 18.1 Å². The summed E-state index contributed by atoms with van der Waals surface area (Å²) in [5.41, 5.74) is 3.37. The minimum atomic E-state index is -0.883. The van der Waals surface area contributed by atoms with Gasteiger partial charge in [-0.15, -0.1) is 6.42 Å². The van der Waals surface area contributed by atoms with Crippen molar-refractivity contribution in [3.05, 3.63) is 72.3 Å². The number of terminal acetylenes is 1. The van der Waals surface area contributed by atoms with Crippen LogP contribution < -0.4 is 15.5 Å². The average Bonchev–Trinajstić information content (AvgIpc) is 2.73. The fraction of sp³-hybridized carbons (Fsp3) is 0.0455. The number of nitrogens with one attached hydrogen (secondary N) is 2. The molecule has 0 heterocycles. The van der Waals surface area contributed by atoms with E-state index >= 15 is 0 Å². The third kappa shape index (κ3) is 4.54. The number of hydrazone groups is 1. The molecule has 0 saturated carbocycles. The Labute approximate surface area is 162 Å². The first-order chi connectivity index (χ1) is 13.7. The molecule has 6 nitrogen and oxygen atoms in total. The molecule has 0 radical (unpaired) electrons. The molecule has 3 rings (SSSR count). The highest BCUT2D eigenvalue weighted by molar-refractivity contribution is 6.40. The summed E-state index contributed by atoms with van der Waals surface area (Å²) in [4.78, 5) is 24.2. The third-order valence-corrected chi connectivity index (χ3v) is 3.84. The van der Waals surface area contributed by atoms with Gasteiger partial charge in [0.15, 0.2) is 0 Å². The second-order valence-corrected chi connectivity index (χ2v) is 5.71. The van der Waals surface area contributed by atoms with E-state index in [9.17, 15) is 9.59 Å². The van der Waals surface area contributed by atoms with Crippen LogP contribution in [-0.4, -0.2) is 24.6 Å². The molecule has 0 aliphatic heterocycles. The SMILES string of the molecule is C#CCOc1ccccc1C=NNC(=O)C(=O)Nc1cccc2ccccc12. The molecule has 6 heteroatoms. The number of anilines is 1. The van der Waals surface area contributed by atoms with Gasteiger partial charge in [-0.2, -0.15) is 5.10 Å². The maximum absolute atomic E-state index is 12.2. The lowest BCUT2D eigenvalue weighted by Crippen LogP contribution is -2.32. The Morgan fingerprint density at radius 1 is 1.00 bits per heavy atom. The van der Waals surface area contributed by atoms with E-state index in [4.69, 9.17) is 11.2 Å². The van der Waals surface area contributed by atoms with Crippen LogP contribution in [0.3, 0.4) is 0 Å². The molecule has 0 aliphatic carbocycles. The van der Waals surface area contributed by atoms with Gasteiger partial charge in [0.05, 0.1) is 6.21 Å². The predicted octanol–water partition coefficient (Wildman–Crippen LogP) is 2.94. The Bertz CT molecular complexity index is 1080. The van der Waals surface area contributed by atoms with E-state index < -0.39 is 11.8 Å². The first kappa shape index (κ1) is 18.7. The minimum Gasteiger partial charge on any atom is -0.480 e. The number of fused-ring (bicyclic) bond motifs is 1. The molecule has 2 amide bonds. The van der Waals surface area contributed by atoms with Gasteiger partial charge in [0.1, 0.15) is 12.4 Å². The summed E-state index contributed by atoms with van der Waals surface area (Å²) in [7, 11) is 0. The highest BCUT2D eigenvalue weighted by atomic mass is 16.5. The fourth-order valence-electron chi connectivity index (χ4n) is 2.56. The van der Waals surface area contributed by atoms with Crippen LogP contribution in [0.25, 0.3) is 10.8 Å². The normalized spacial score (nSPS) is 10.4. The van der Waals surface area contributed by atoms with Crippen LogP contribution in [-0.2, 0) is 9.59 Å². The number of carbonyl (C=O) groups is 2. The van der Waals surface area contributed by atoms with Gasteiger partial charge in [-0.05, 0) is 23.6 Å². The smallest absolute Gasteiger partial charge is 0.329 e. The van der Waals surface area contributed by atoms with E-state index in [1.54, 1.807) is 36.4 Å². The van der Waals surface area contributed by atoms with Gasteiger partial charge in [-0.3, -0.25) is 9.59 Å². The maximum atomic E-state index is 12.2. The standard InChI is InChI=1S/C22H17N3O3/c1-2-14-28-20-13-6-4-9-17(20)15-23-25-22(27)21(26)24-19-12-7-10-16-8-3-5-11-18(16)19/h1,3-13,15H,14H2,(H,24,26)(H,25,27). The number of rotatable bonds is 5. The van der Waals surface area contributed by atoms with Gasteiger partial charge < -0.3 is 10.1 Å². The van der Waals surface area contributed by atoms with Crippen LogP contribution in [0.2, 0.25) is 0 Å². The van der Waals surface area contributed by atoms with Crippen LogP contribution in [0.4, 0.5) is 5.69 Å². The molecule has 0 unspecified atom stereocenters. The molecule has 0 atom stereocenters. The number of hydrogen-bond donors (Lipinski definition) is 2. The molecule has 3 aromatic rings. The van der Waals surface area contributed by atoms with Gasteiger partial charge in [0, 0.05) is 16.6 Å². The second kappa shape index (κ2) is 9.01. The van der Waals surface area contributed by atoms with Crippen LogP contribution in [0.1, 0.15) is 5.56 Å². The van der Waals surface area contributed by atoms with Crippen molar-refractivity contribution >= 4 is 34.5 Å². The lowest BCUT2D eigenvalue weighted by Gasteiger charge is -2.08. The lowest BCUT2D eigenvalue weighted by atomic mass is 10.1. The van der Waals surface area contributed by atoms with Gasteiger partial charge in [-0.1, -0.05) is 54.5 Å². The molecule has 0 aromatic heterocycles. The summed E-state index contributed by atoms with van der Waals surface area (Å²) >= 11 is 0. The van der Waals surface area contributed by atoms with E-state index in [1.165, 1.54) is 6.21 Å². The topological polar surface area (TPSA) is 79.8 Å². The second-order valence-electron chi connectivity index (χ2n) is 5.71. The van der Waals surface area contributed by atoms with Gasteiger partial charge in [0.25, 0.3) is 0 Å². The maximum Gasteiger partial charge on any atom is 0.329 e. The van der Waals surface area contributed by atoms with E-state index in [1.807, 2.05) is 30.3 Å². The highest BCUT2D eigenvalue weighted by Crippen LogP contribution is 2.22. The van der Waals surface area contributed by atoms with Crippen molar-refractivity contribution in [1.82, 2.24) is 5.43 Å². The number of para-hydroxylation sites is 1. The Hall–Kier alpha value is -4.11. The molecule has 138 valence electrons. The molecular weight excluding hydrogens is 354 g/mol. The predicted molar refractivity (Wildman–Crippen MR) is 109 cm³/mol. The number of carbonyl (C=O) groups excluding carboxylic acids is 2. The zero-order chi connectivity index (χ0) is 19.8. The minimum absolute atomic E-state index is 0.116. The average molecular weight is 371 g/mol. The molecule has 0 bridgehead atoms. The Kier molecular flexibility index (Phi) is 6.01. The van der Waals surface area contributed by atoms with Crippen molar-refractivity contribution in [2.75, 3.05) is 11.9 Å². The molecule has 0 aliphatic rings. The van der Waals surface area contributed by atoms with Crippen LogP contribution >= 0.6 is 0 Å². The van der Waals surface area contributed by atoms with Crippen LogP contribution in [0.5, 0.6) is 5.75 Å². The molecular formula is C22H17N3O3. The summed E-state index contributed by atoms with van der Waals surface area (Å²) < 4.78 is 5.39. The molecule has 2 N–H and O–H groups in total. The molecule has 0 saturated heterocycles. The number of amides is 2. The summed E-state index contributed by atoms with van der Waals surface area (Å²) in [6.07, 6.45) is 6.57. The van der Waals surface area contributed by atoms with Crippen LogP contribution in [0.15, 0.2) is 71.8 Å². The number of ether oxygens (including phenoxy) is 1. The Morgan fingerprint density at radius 3 is 2.61 bits per heavy atom. The van der Waals surface area contributed by atoms with Gasteiger partial charge in [-0.25, -0.2) is 5.43 Å². The third-order valence-electron chi connectivity index (χ3n) is 3.84. The van der Waals surface area contributed by atoms with Crippen molar-refractivity contribution in [3.63, 3.8) is 0 Å². The fourth-order valence-corrected chi connectivity index (χ4v) is 2.56. The van der Waals surface area contributed by atoms with Crippen molar-refractivity contribution in [2.45, 2.75) is 0 Å². The monoisotopic (exact) mass is 371 g/mol. The summed E-state index contributed by atoms with van der Waals surface area (Å²) in [6, 6.07) is 20.1. The Morgan fingerprint density at radius 2 is 1.75 bits per heavy atom. The van der Waals surface area contributed by atoms with Crippen molar-refractivity contribution < 1.29 is 14.3 Å². The number of hydrogen-bond acceptors (Lipinski definition) is 4. The molecule has 28 heavy (non-hydrogen) atoms. The quantitative estimate of drug-likeness (QED) is 0.313. The van der Waals surface area contributed by atoms with Crippen LogP contribution in [0, 0.1) is 12.3 Å². The van der Waals surface area contributed by atoms with E-state index in [-0.39, 0.29) is 6.61 Å². The highest BCUT2D eigenvalue weighted by Gasteiger charge is 2.14. The first-order valence-corrected chi connectivity index (χ1v) is 8.46. The van der Waals surface area contributed by atoms with Gasteiger partial charge >= 0.3 is 11.8 Å². The zero-order valence-corrected chi connectivity index (χ0v) is 14.9. The lowest BCUT2D eigenvalue weighted by molar-refractivity contribution is -0.136.